The first kappa shape index (κ1) is 14.6. The van der Waals surface area contributed by atoms with Crippen molar-refractivity contribution in [1.82, 2.24) is 0 Å². The minimum atomic E-state index is -3.22. The molecular formula is C11H16BrNO3S. The fourth-order valence-corrected chi connectivity index (χ4v) is 3.12. The smallest absolute Gasteiger partial charge is 0.150 e. The number of sulfone groups is 1. The summed E-state index contributed by atoms with van der Waals surface area (Å²) in [6, 6.07) is 7.35. The van der Waals surface area contributed by atoms with Gasteiger partial charge in [0.15, 0.2) is 0 Å². The van der Waals surface area contributed by atoms with Crippen molar-refractivity contribution in [2.75, 3.05) is 18.6 Å². The van der Waals surface area contributed by atoms with Crippen molar-refractivity contribution in [3.63, 3.8) is 0 Å². The topological polar surface area (TPSA) is 80.4 Å². The van der Waals surface area contributed by atoms with Crippen LogP contribution in [0, 0.1) is 0 Å². The zero-order chi connectivity index (χ0) is 13.1. The standard InChI is InChI=1S/C11H16BrNO3S/c1-17(15,16)7-11(14)9(6-13)8-4-2-3-5-10(8)12/h2-5,9,11,14H,6-7,13H2,1H3. The van der Waals surface area contributed by atoms with Crippen molar-refractivity contribution in [3.05, 3.63) is 34.3 Å². The highest BCUT2D eigenvalue weighted by Crippen LogP contribution is 2.27. The van der Waals surface area contributed by atoms with Gasteiger partial charge in [0.25, 0.3) is 0 Å². The summed E-state index contributed by atoms with van der Waals surface area (Å²) in [5, 5.41) is 9.94. The van der Waals surface area contributed by atoms with Gasteiger partial charge in [0.2, 0.25) is 0 Å². The second kappa shape index (κ2) is 5.95. The van der Waals surface area contributed by atoms with Gasteiger partial charge in [-0.1, -0.05) is 34.1 Å². The SMILES string of the molecule is CS(=O)(=O)CC(O)C(CN)c1ccccc1Br. The molecule has 0 amide bonds. The Morgan fingerprint density at radius 3 is 2.47 bits per heavy atom. The van der Waals surface area contributed by atoms with E-state index in [0.29, 0.717) is 0 Å². The van der Waals surface area contributed by atoms with E-state index >= 15 is 0 Å². The third-order valence-corrected chi connectivity index (χ3v) is 4.17. The minimum Gasteiger partial charge on any atom is -0.391 e. The van der Waals surface area contributed by atoms with Gasteiger partial charge in [0.1, 0.15) is 9.84 Å². The molecule has 1 rings (SSSR count). The number of hydrogen-bond donors (Lipinski definition) is 2. The van der Waals surface area contributed by atoms with E-state index in [-0.39, 0.29) is 18.2 Å². The van der Waals surface area contributed by atoms with Gasteiger partial charge in [0.05, 0.1) is 11.9 Å². The average molecular weight is 322 g/mol. The summed E-state index contributed by atoms with van der Waals surface area (Å²) in [4.78, 5) is 0. The molecule has 1 aromatic rings. The van der Waals surface area contributed by atoms with Gasteiger partial charge < -0.3 is 10.8 Å². The maximum Gasteiger partial charge on any atom is 0.150 e. The molecule has 2 unspecified atom stereocenters. The molecule has 0 aliphatic rings. The van der Waals surface area contributed by atoms with Crippen LogP contribution in [0.3, 0.4) is 0 Å². The van der Waals surface area contributed by atoms with Crippen LogP contribution in [0.4, 0.5) is 0 Å². The van der Waals surface area contributed by atoms with Crippen molar-refractivity contribution in [2.45, 2.75) is 12.0 Å². The molecule has 0 aliphatic heterocycles. The lowest BCUT2D eigenvalue weighted by atomic mass is 9.94. The second-order valence-corrected chi connectivity index (χ2v) is 7.06. The number of benzene rings is 1. The first-order valence-electron chi connectivity index (χ1n) is 5.15. The molecule has 3 N–H and O–H groups in total. The van der Waals surface area contributed by atoms with Crippen LogP contribution in [0.5, 0.6) is 0 Å². The highest BCUT2D eigenvalue weighted by molar-refractivity contribution is 9.10. The Morgan fingerprint density at radius 2 is 2.00 bits per heavy atom. The lowest BCUT2D eigenvalue weighted by Crippen LogP contribution is -2.32. The molecule has 0 saturated carbocycles. The number of nitrogens with two attached hydrogens (primary N) is 1. The number of aliphatic hydroxyl groups is 1. The van der Waals surface area contributed by atoms with Gasteiger partial charge in [0, 0.05) is 23.2 Å². The third-order valence-electron chi connectivity index (χ3n) is 2.50. The highest BCUT2D eigenvalue weighted by Gasteiger charge is 2.24. The second-order valence-electron chi connectivity index (χ2n) is 4.02. The maximum atomic E-state index is 11.2. The van der Waals surface area contributed by atoms with E-state index in [1.165, 1.54) is 0 Å². The predicted molar refractivity (Wildman–Crippen MR) is 71.7 cm³/mol. The molecule has 0 radical (unpaired) electrons. The molecule has 4 nitrogen and oxygen atoms in total. The summed E-state index contributed by atoms with van der Waals surface area (Å²) < 4.78 is 23.2. The molecule has 96 valence electrons. The van der Waals surface area contributed by atoms with E-state index in [1.807, 2.05) is 24.3 Å². The van der Waals surface area contributed by atoms with Crippen LogP contribution >= 0.6 is 15.9 Å². The van der Waals surface area contributed by atoms with E-state index in [1.54, 1.807) is 0 Å². The van der Waals surface area contributed by atoms with Crippen LogP contribution in [-0.2, 0) is 9.84 Å². The van der Waals surface area contributed by atoms with E-state index in [9.17, 15) is 13.5 Å². The van der Waals surface area contributed by atoms with Crippen molar-refractivity contribution in [1.29, 1.82) is 0 Å². The molecule has 0 spiro atoms. The quantitative estimate of drug-likeness (QED) is 0.844. The van der Waals surface area contributed by atoms with Gasteiger partial charge in [-0.3, -0.25) is 0 Å². The zero-order valence-electron chi connectivity index (χ0n) is 9.51. The number of hydrogen-bond acceptors (Lipinski definition) is 4. The minimum absolute atomic E-state index is 0.194. The fraction of sp³-hybridized carbons (Fsp3) is 0.455. The third kappa shape index (κ3) is 4.39. The van der Waals surface area contributed by atoms with Crippen LogP contribution in [0.2, 0.25) is 0 Å². The lowest BCUT2D eigenvalue weighted by Gasteiger charge is -2.22. The predicted octanol–water partition coefficient (Wildman–Crippen LogP) is 0.897. The first-order chi connectivity index (χ1) is 7.85. The summed E-state index contributed by atoms with van der Waals surface area (Å²) in [6.45, 7) is 0.194. The molecule has 0 bridgehead atoms. The van der Waals surface area contributed by atoms with Crippen LogP contribution in [0.15, 0.2) is 28.7 Å². The Morgan fingerprint density at radius 1 is 1.41 bits per heavy atom. The van der Waals surface area contributed by atoms with E-state index in [2.05, 4.69) is 15.9 Å². The molecule has 0 heterocycles. The summed E-state index contributed by atoms with van der Waals surface area (Å²) in [5.41, 5.74) is 6.44. The number of rotatable bonds is 5. The zero-order valence-corrected chi connectivity index (χ0v) is 11.9. The lowest BCUT2D eigenvalue weighted by molar-refractivity contribution is 0.167. The Labute approximate surface area is 110 Å². The molecule has 0 fully saturated rings. The number of aliphatic hydroxyl groups excluding tert-OH is 1. The molecule has 0 aromatic heterocycles. The summed E-state index contributed by atoms with van der Waals surface area (Å²) >= 11 is 3.37. The Bertz CT molecular complexity index is 475. The van der Waals surface area contributed by atoms with Crippen molar-refractivity contribution in [3.8, 4) is 0 Å². The van der Waals surface area contributed by atoms with E-state index in [0.717, 1.165) is 16.3 Å². The summed E-state index contributed by atoms with van der Waals surface area (Å²) in [5.74, 6) is -0.670. The van der Waals surface area contributed by atoms with Crippen LogP contribution in [0.25, 0.3) is 0 Å². The molecule has 1 aromatic carbocycles. The van der Waals surface area contributed by atoms with Gasteiger partial charge in [-0.15, -0.1) is 0 Å². The van der Waals surface area contributed by atoms with Crippen LogP contribution in [-0.4, -0.2) is 38.2 Å². The van der Waals surface area contributed by atoms with Crippen LogP contribution < -0.4 is 5.73 Å². The normalized spacial score (nSPS) is 15.5. The molecule has 2 atom stereocenters. The van der Waals surface area contributed by atoms with Gasteiger partial charge in [-0.05, 0) is 11.6 Å². The van der Waals surface area contributed by atoms with Crippen LogP contribution in [0.1, 0.15) is 11.5 Å². The van der Waals surface area contributed by atoms with Crippen molar-refractivity contribution >= 4 is 25.8 Å². The maximum absolute atomic E-state index is 11.2. The van der Waals surface area contributed by atoms with Gasteiger partial charge >= 0.3 is 0 Å². The fourth-order valence-electron chi connectivity index (χ4n) is 1.69. The Balaban J connectivity index is 2.96. The first-order valence-corrected chi connectivity index (χ1v) is 8.01. The Hall–Kier alpha value is -0.430. The van der Waals surface area contributed by atoms with Crippen molar-refractivity contribution < 1.29 is 13.5 Å². The molecule has 0 saturated heterocycles. The van der Waals surface area contributed by atoms with Gasteiger partial charge in [-0.25, -0.2) is 8.42 Å². The molecule has 0 aliphatic carbocycles. The molecule has 17 heavy (non-hydrogen) atoms. The Kier molecular flexibility index (Phi) is 5.12. The monoisotopic (exact) mass is 321 g/mol. The van der Waals surface area contributed by atoms with Gasteiger partial charge in [-0.2, -0.15) is 0 Å². The van der Waals surface area contributed by atoms with E-state index in [4.69, 9.17) is 5.73 Å². The largest absolute Gasteiger partial charge is 0.391 e. The number of halogens is 1. The summed E-state index contributed by atoms with van der Waals surface area (Å²) in [7, 11) is -3.22. The highest BCUT2D eigenvalue weighted by atomic mass is 79.9. The van der Waals surface area contributed by atoms with E-state index < -0.39 is 15.9 Å². The average Bonchev–Trinajstić information content (AvgIpc) is 2.19. The molecule has 6 heteroatoms. The van der Waals surface area contributed by atoms with Crippen molar-refractivity contribution in [2.24, 2.45) is 5.73 Å². The summed E-state index contributed by atoms with van der Waals surface area (Å²) in [6.07, 6.45) is 0.109. The molecular weight excluding hydrogens is 306 g/mol.